The first kappa shape index (κ1) is 20.4. The van der Waals surface area contributed by atoms with Gasteiger partial charge in [-0.15, -0.1) is 11.8 Å². The van der Waals surface area contributed by atoms with E-state index in [1.807, 2.05) is 0 Å². The van der Waals surface area contributed by atoms with Crippen LogP contribution in [0.4, 0.5) is 0 Å². The van der Waals surface area contributed by atoms with Crippen molar-refractivity contribution in [1.29, 1.82) is 0 Å². The van der Waals surface area contributed by atoms with E-state index in [1.54, 1.807) is 0 Å². The Kier molecular flexibility index (Phi) is 6.43. The standard InChI is InChI=1S/C28H30N2S/c1-3-9-23(10-4-1)28(24-11-5-2-6-12-24)31-27-15-17-29(18-16-27)19-20-30-21-25-13-7-8-14-26(25)22-30/h1-14,21-22,27-28H,15-20H2. The van der Waals surface area contributed by atoms with E-state index in [-0.39, 0.29) is 0 Å². The fourth-order valence-electron chi connectivity index (χ4n) is 4.59. The molecule has 3 aromatic carbocycles. The van der Waals surface area contributed by atoms with Gasteiger partial charge in [0.1, 0.15) is 0 Å². The number of nitrogens with zero attached hydrogens (tertiary/aromatic N) is 2. The third kappa shape index (κ3) is 5.06. The summed E-state index contributed by atoms with van der Waals surface area (Å²) in [5.41, 5.74) is 2.83. The maximum absolute atomic E-state index is 2.64. The monoisotopic (exact) mass is 426 g/mol. The van der Waals surface area contributed by atoms with Crippen LogP contribution in [0.25, 0.3) is 10.8 Å². The van der Waals surface area contributed by atoms with Crippen molar-refractivity contribution < 1.29 is 0 Å². The van der Waals surface area contributed by atoms with Crippen LogP contribution < -0.4 is 0 Å². The van der Waals surface area contributed by atoms with Gasteiger partial charge in [0.25, 0.3) is 0 Å². The Morgan fingerprint density at radius 2 is 1.19 bits per heavy atom. The molecule has 0 aliphatic carbocycles. The van der Waals surface area contributed by atoms with E-state index >= 15 is 0 Å². The molecule has 1 saturated heterocycles. The molecule has 1 aliphatic heterocycles. The Labute approximate surface area is 189 Å². The predicted molar refractivity (Wildman–Crippen MR) is 134 cm³/mol. The van der Waals surface area contributed by atoms with Gasteiger partial charge in [0.05, 0.1) is 5.25 Å². The van der Waals surface area contributed by atoms with Crippen LogP contribution in [0.1, 0.15) is 29.2 Å². The number of piperidine rings is 1. The topological polar surface area (TPSA) is 8.17 Å². The van der Waals surface area contributed by atoms with Crippen molar-refractivity contribution in [3.63, 3.8) is 0 Å². The van der Waals surface area contributed by atoms with Crippen LogP contribution in [0, 0.1) is 0 Å². The molecule has 0 atom stereocenters. The quantitative estimate of drug-likeness (QED) is 0.328. The van der Waals surface area contributed by atoms with Crippen LogP contribution in [0.15, 0.2) is 97.3 Å². The van der Waals surface area contributed by atoms with Crippen molar-refractivity contribution in [2.45, 2.75) is 29.9 Å². The number of rotatable bonds is 7. The highest BCUT2D eigenvalue weighted by molar-refractivity contribution is 8.00. The van der Waals surface area contributed by atoms with Gasteiger partial charge in [0.2, 0.25) is 0 Å². The zero-order chi connectivity index (χ0) is 20.9. The Morgan fingerprint density at radius 1 is 0.677 bits per heavy atom. The van der Waals surface area contributed by atoms with E-state index in [0.717, 1.165) is 18.3 Å². The molecule has 1 aliphatic rings. The lowest BCUT2D eigenvalue weighted by atomic mass is 10.0. The molecule has 2 heterocycles. The number of benzene rings is 3. The maximum Gasteiger partial charge on any atom is 0.0549 e. The maximum atomic E-state index is 2.64. The normalized spacial score (nSPS) is 15.6. The number of aromatic nitrogens is 1. The second kappa shape index (κ2) is 9.76. The molecule has 2 nitrogen and oxygen atoms in total. The molecular formula is C28H30N2S. The lowest BCUT2D eigenvalue weighted by Gasteiger charge is -2.33. The minimum Gasteiger partial charge on any atom is -0.352 e. The SMILES string of the molecule is c1ccc(C(SC2CCN(CCn3cc4ccccc4c3)CC2)c2ccccc2)cc1. The molecule has 3 heteroatoms. The molecule has 0 saturated carbocycles. The van der Waals surface area contributed by atoms with Crippen LogP contribution in [-0.4, -0.2) is 34.4 Å². The number of hydrogen-bond donors (Lipinski definition) is 0. The zero-order valence-corrected chi connectivity index (χ0v) is 18.8. The lowest BCUT2D eigenvalue weighted by molar-refractivity contribution is 0.224. The molecule has 0 unspecified atom stereocenters. The van der Waals surface area contributed by atoms with Crippen molar-refractivity contribution in [3.8, 4) is 0 Å². The molecule has 1 fully saturated rings. The van der Waals surface area contributed by atoms with Crippen LogP contribution in [0.2, 0.25) is 0 Å². The fraction of sp³-hybridized carbons (Fsp3) is 0.286. The summed E-state index contributed by atoms with van der Waals surface area (Å²) in [6, 6.07) is 30.6. The summed E-state index contributed by atoms with van der Waals surface area (Å²) in [6.07, 6.45) is 7.10. The first-order valence-corrected chi connectivity index (χ1v) is 12.3. The first-order valence-electron chi connectivity index (χ1n) is 11.4. The fourth-order valence-corrected chi connectivity index (χ4v) is 6.09. The molecule has 4 aromatic rings. The molecule has 0 N–H and O–H groups in total. The van der Waals surface area contributed by atoms with Gasteiger partial charge in [-0.1, -0.05) is 84.9 Å². The Bertz CT molecular complexity index is 1010. The van der Waals surface area contributed by atoms with E-state index in [9.17, 15) is 0 Å². The second-order valence-electron chi connectivity index (χ2n) is 8.50. The molecule has 0 amide bonds. The second-order valence-corrected chi connectivity index (χ2v) is 9.91. The Balaban J connectivity index is 1.17. The highest BCUT2D eigenvalue weighted by Gasteiger charge is 2.24. The van der Waals surface area contributed by atoms with Gasteiger partial charge in [-0.2, -0.15) is 0 Å². The molecule has 0 radical (unpaired) electrons. The summed E-state index contributed by atoms with van der Waals surface area (Å²) in [7, 11) is 0. The third-order valence-electron chi connectivity index (χ3n) is 6.35. The highest BCUT2D eigenvalue weighted by Crippen LogP contribution is 2.41. The molecule has 0 bridgehead atoms. The van der Waals surface area contributed by atoms with Crippen LogP contribution >= 0.6 is 11.8 Å². The average Bonchev–Trinajstić information content (AvgIpc) is 3.26. The van der Waals surface area contributed by atoms with Crippen molar-refractivity contribution in [1.82, 2.24) is 9.47 Å². The van der Waals surface area contributed by atoms with Gasteiger partial charge in [0, 0.05) is 30.7 Å². The molecular weight excluding hydrogens is 396 g/mol. The minimum absolute atomic E-state index is 0.422. The number of thioether (sulfide) groups is 1. The van der Waals surface area contributed by atoms with E-state index in [2.05, 4.69) is 119 Å². The summed E-state index contributed by atoms with van der Waals surface area (Å²) >= 11 is 2.16. The first-order chi connectivity index (χ1) is 15.3. The van der Waals surface area contributed by atoms with Gasteiger partial charge in [-0.3, -0.25) is 0 Å². The number of hydrogen-bond acceptors (Lipinski definition) is 2. The third-order valence-corrected chi connectivity index (χ3v) is 8.02. The summed E-state index contributed by atoms with van der Waals surface area (Å²) in [6.45, 7) is 4.62. The van der Waals surface area contributed by atoms with Gasteiger partial charge in [-0.25, -0.2) is 0 Å². The smallest absolute Gasteiger partial charge is 0.0549 e. The average molecular weight is 427 g/mol. The summed E-state index contributed by atoms with van der Waals surface area (Å²) in [5.74, 6) is 0. The van der Waals surface area contributed by atoms with Gasteiger partial charge in [-0.05, 0) is 47.8 Å². The number of fused-ring (bicyclic) bond motifs is 1. The molecule has 5 rings (SSSR count). The van der Waals surface area contributed by atoms with Gasteiger partial charge >= 0.3 is 0 Å². The molecule has 0 spiro atoms. The van der Waals surface area contributed by atoms with Gasteiger partial charge in [0.15, 0.2) is 0 Å². The van der Waals surface area contributed by atoms with Gasteiger partial charge < -0.3 is 9.47 Å². The van der Waals surface area contributed by atoms with E-state index in [1.165, 1.54) is 47.8 Å². The summed E-state index contributed by atoms with van der Waals surface area (Å²) < 4.78 is 2.35. The molecule has 31 heavy (non-hydrogen) atoms. The van der Waals surface area contributed by atoms with Crippen molar-refractivity contribution in [2.24, 2.45) is 0 Å². The summed E-state index contributed by atoms with van der Waals surface area (Å²) in [4.78, 5) is 2.64. The Morgan fingerprint density at radius 3 is 1.74 bits per heavy atom. The van der Waals surface area contributed by atoms with Crippen molar-refractivity contribution >= 4 is 22.5 Å². The van der Waals surface area contributed by atoms with Crippen LogP contribution in [0.3, 0.4) is 0 Å². The minimum atomic E-state index is 0.422. The van der Waals surface area contributed by atoms with Crippen molar-refractivity contribution in [3.05, 3.63) is 108 Å². The zero-order valence-electron chi connectivity index (χ0n) is 17.9. The number of likely N-dealkylation sites (tertiary alicyclic amines) is 1. The lowest BCUT2D eigenvalue weighted by Crippen LogP contribution is -2.37. The van der Waals surface area contributed by atoms with Crippen LogP contribution in [-0.2, 0) is 6.54 Å². The Hall–Kier alpha value is -2.49. The predicted octanol–water partition coefficient (Wildman–Crippen LogP) is 6.63. The van der Waals surface area contributed by atoms with E-state index in [4.69, 9.17) is 0 Å². The summed E-state index contributed by atoms with van der Waals surface area (Å²) in [5, 5.41) is 3.82. The largest absolute Gasteiger partial charge is 0.352 e. The van der Waals surface area contributed by atoms with E-state index < -0.39 is 0 Å². The van der Waals surface area contributed by atoms with Crippen LogP contribution in [0.5, 0.6) is 0 Å². The molecule has 1 aromatic heterocycles. The molecule has 158 valence electrons. The van der Waals surface area contributed by atoms with Crippen molar-refractivity contribution in [2.75, 3.05) is 19.6 Å². The highest BCUT2D eigenvalue weighted by atomic mass is 32.2. The van der Waals surface area contributed by atoms with E-state index in [0.29, 0.717) is 5.25 Å².